The van der Waals surface area contributed by atoms with Crippen LogP contribution in [-0.2, 0) is 10.3 Å². The smallest absolute Gasteiger partial charge is 0.326 e. The second-order valence-corrected chi connectivity index (χ2v) is 8.33. The second kappa shape index (κ2) is 8.39. The molecule has 1 atom stereocenters. The Kier molecular flexibility index (Phi) is 5.67. The number of amides is 3. The molecule has 2 fully saturated rings. The van der Waals surface area contributed by atoms with Gasteiger partial charge in [0.25, 0.3) is 5.91 Å². The number of benzene rings is 1. The highest BCUT2D eigenvalue weighted by atomic mass is 16.2. The van der Waals surface area contributed by atoms with Crippen molar-refractivity contribution >= 4 is 17.9 Å². The first-order chi connectivity index (χ1) is 14.5. The van der Waals surface area contributed by atoms with Crippen LogP contribution in [0.15, 0.2) is 48.8 Å². The summed E-state index contributed by atoms with van der Waals surface area (Å²) in [6.45, 7) is 7.40. The molecule has 0 bridgehead atoms. The molecule has 0 saturated carbocycles. The van der Waals surface area contributed by atoms with Crippen LogP contribution in [0, 0.1) is 5.92 Å². The van der Waals surface area contributed by atoms with Crippen molar-refractivity contribution in [1.82, 2.24) is 25.1 Å². The van der Waals surface area contributed by atoms with Crippen molar-refractivity contribution in [1.29, 1.82) is 0 Å². The maximum Gasteiger partial charge on any atom is 0.326 e. The van der Waals surface area contributed by atoms with Gasteiger partial charge in [0.2, 0.25) is 5.95 Å². The van der Waals surface area contributed by atoms with E-state index in [-0.39, 0.29) is 17.9 Å². The number of aromatic nitrogens is 2. The predicted octanol–water partition coefficient (Wildman–Crippen LogP) is 2.05. The van der Waals surface area contributed by atoms with Crippen LogP contribution in [0.2, 0.25) is 0 Å². The molecule has 2 aliphatic rings. The van der Waals surface area contributed by atoms with E-state index in [0.29, 0.717) is 19.0 Å². The number of hydrogen-bond donors (Lipinski definition) is 1. The van der Waals surface area contributed by atoms with E-state index < -0.39 is 5.54 Å². The summed E-state index contributed by atoms with van der Waals surface area (Å²) >= 11 is 0. The topological polar surface area (TPSA) is 81.7 Å². The molecule has 2 aliphatic heterocycles. The lowest BCUT2D eigenvalue weighted by Crippen LogP contribution is -2.52. The molecule has 3 heterocycles. The summed E-state index contributed by atoms with van der Waals surface area (Å²) in [4.78, 5) is 40.6. The van der Waals surface area contributed by atoms with Crippen molar-refractivity contribution < 1.29 is 9.59 Å². The van der Waals surface area contributed by atoms with Gasteiger partial charge in [0.05, 0.1) is 6.67 Å². The number of nitrogens with one attached hydrogen (secondary N) is 1. The quantitative estimate of drug-likeness (QED) is 0.737. The number of carbonyl (C=O) groups excluding carboxylic acids is 2. The second-order valence-electron chi connectivity index (χ2n) is 8.33. The summed E-state index contributed by atoms with van der Waals surface area (Å²) in [5.41, 5.74) is -0.155. The number of rotatable bonds is 6. The molecule has 0 unspecified atom stereocenters. The van der Waals surface area contributed by atoms with Gasteiger partial charge in [-0.1, -0.05) is 44.2 Å². The summed E-state index contributed by atoms with van der Waals surface area (Å²) in [5, 5.41) is 3.02. The maximum absolute atomic E-state index is 13.5. The molecule has 0 spiro atoms. The number of carbonyl (C=O) groups is 2. The summed E-state index contributed by atoms with van der Waals surface area (Å²) in [5.74, 6) is 0.803. The number of urea groups is 1. The summed E-state index contributed by atoms with van der Waals surface area (Å²) < 4.78 is 0. The lowest BCUT2D eigenvalue weighted by molar-refractivity contribution is -0.133. The first-order valence-corrected chi connectivity index (χ1v) is 10.4. The zero-order valence-corrected chi connectivity index (χ0v) is 17.5. The Morgan fingerprint density at radius 2 is 1.67 bits per heavy atom. The minimum atomic E-state index is -0.994. The van der Waals surface area contributed by atoms with Crippen molar-refractivity contribution in [2.45, 2.75) is 25.8 Å². The molecular formula is C22H28N6O2. The monoisotopic (exact) mass is 408 g/mol. The van der Waals surface area contributed by atoms with Gasteiger partial charge in [0.1, 0.15) is 5.54 Å². The standard InChI is InChI=1S/C22H28N6O2/c1-17(2)15-22(18-7-4-3-5-8-18)19(29)28(21(30)25-22)16-26-11-13-27(14-12-26)20-23-9-6-10-24-20/h3-10,17H,11-16H2,1-2H3,(H,25,30)/t22-/m0/s1. The third-order valence-electron chi connectivity index (χ3n) is 5.71. The van der Waals surface area contributed by atoms with E-state index in [2.05, 4.69) is 38.9 Å². The van der Waals surface area contributed by atoms with Gasteiger partial charge in [-0.05, 0) is 24.0 Å². The highest BCUT2D eigenvalue weighted by Gasteiger charge is 2.52. The van der Waals surface area contributed by atoms with Crippen LogP contribution in [0.4, 0.5) is 10.7 Å². The molecular weight excluding hydrogens is 380 g/mol. The number of imide groups is 1. The van der Waals surface area contributed by atoms with E-state index in [1.807, 2.05) is 30.3 Å². The zero-order chi connectivity index (χ0) is 21.1. The number of anilines is 1. The van der Waals surface area contributed by atoms with Gasteiger partial charge in [-0.2, -0.15) is 0 Å². The Labute approximate surface area is 176 Å². The van der Waals surface area contributed by atoms with Gasteiger partial charge in [-0.25, -0.2) is 19.7 Å². The van der Waals surface area contributed by atoms with E-state index >= 15 is 0 Å². The first-order valence-electron chi connectivity index (χ1n) is 10.4. The van der Waals surface area contributed by atoms with Crippen LogP contribution >= 0.6 is 0 Å². The molecule has 158 valence electrons. The molecule has 4 rings (SSSR count). The van der Waals surface area contributed by atoms with Gasteiger partial charge in [0.15, 0.2) is 0 Å². The Morgan fingerprint density at radius 1 is 1.00 bits per heavy atom. The lowest BCUT2D eigenvalue weighted by Gasteiger charge is -2.36. The van der Waals surface area contributed by atoms with Crippen molar-refractivity contribution in [3.05, 3.63) is 54.4 Å². The minimum absolute atomic E-state index is 0.166. The third-order valence-corrected chi connectivity index (χ3v) is 5.71. The van der Waals surface area contributed by atoms with E-state index in [1.165, 1.54) is 4.90 Å². The summed E-state index contributed by atoms with van der Waals surface area (Å²) in [6.07, 6.45) is 4.04. The molecule has 3 amide bonds. The number of nitrogens with zero attached hydrogens (tertiary/aromatic N) is 5. The molecule has 0 aliphatic carbocycles. The highest BCUT2D eigenvalue weighted by molar-refractivity contribution is 6.07. The van der Waals surface area contributed by atoms with Gasteiger partial charge in [0, 0.05) is 38.6 Å². The molecule has 1 aromatic carbocycles. The lowest BCUT2D eigenvalue weighted by atomic mass is 9.82. The Balaban J connectivity index is 1.46. The van der Waals surface area contributed by atoms with Crippen molar-refractivity contribution in [3.63, 3.8) is 0 Å². The first kappa shape index (κ1) is 20.3. The van der Waals surface area contributed by atoms with Crippen molar-refractivity contribution in [3.8, 4) is 0 Å². The van der Waals surface area contributed by atoms with Crippen molar-refractivity contribution in [2.24, 2.45) is 5.92 Å². The summed E-state index contributed by atoms with van der Waals surface area (Å²) in [6, 6.07) is 11.0. The Bertz CT molecular complexity index is 883. The highest BCUT2D eigenvalue weighted by Crippen LogP contribution is 2.35. The van der Waals surface area contributed by atoms with Gasteiger partial charge < -0.3 is 10.2 Å². The van der Waals surface area contributed by atoms with Gasteiger partial charge in [-0.3, -0.25) is 9.69 Å². The Hall–Kier alpha value is -3.00. The maximum atomic E-state index is 13.5. The normalized spacial score (nSPS) is 22.6. The van der Waals surface area contributed by atoms with Gasteiger partial charge >= 0.3 is 6.03 Å². The predicted molar refractivity (Wildman–Crippen MR) is 114 cm³/mol. The van der Waals surface area contributed by atoms with Crippen LogP contribution < -0.4 is 10.2 Å². The molecule has 2 saturated heterocycles. The molecule has 8 nitrogen and oxygen atoms in total. The molecule has 30 heavy (non-hydrogen) atoms. The van der Waals surface area contributed by atoms with Crippen LogP contribution in [0.1, 0.15) is 25.8 Å². The molecule has 1 aromatic heterocycles. The van der Waals surface area contributed by atoms with Crippen LogP contribution in [0.5, 0.6) is 0 Å². The molecule has 2 aromatic rings. The van der Waals surface area contributed by atoms with Crippen LogP contribution in [-0.4, -0.2) is 64.6 Å². The van der Waals surface area contributed by atoms with E-state index in [4.69, 9.17) is 0 Å². The van der Waals surface area contributed by atoms with E-state index in [0.717, 1.165) is 31.7 Å². The average Bonchev–Trinajstić information content (AvgIpc) is 3.00. The van der Waals surface area contributed by atoms with Crippen LogP contribution in [0.25, 0.3) is 0 Å². The largest absolute Gasteiger partial charge is 0.338 e. The van der Waals surface area contributed by atoms with Gasteiger partial charge in [-0.15, -0.1) is 0 Å². The minimum Gasteiger partial charge on any atom is -0.338 e. The van der Waals surface area contributed by atoms with Crippen LogP contribution in [0.3, 0.4) is 0 Å². The summed E-state index contributed by atoms with van der Waals surface area (Å²) in [7, 11) is 0. The van der Waals surface area contributed by atoms with Crippen molar-refractivity contribution in [2.75, 3.05) is 37.7 Å². The Morgan fingerprint density at radius 3 is 2.30 bits per heavy atom. The number of hydrogen-bond acceptors (Lipinski definition) is 6. The molecule has 0 radical (unpaired) electrons. The number of piperazine rings is 1. The fourth-order valence-electron chi connectivity index (χ4n) is 4.29. The third kappa shape index (κ3) is 3.87. The van der Waals surface area contributed by atoms with E-state index in [9.17, 15) is 9.59 Å². The SMILES string of the molecule is CC(C)C[C@@]1(c2ccccc2)NC(=O)N(CN2CCN(c3ncccn3)CC2)C1=O. The molecule has 8 heteroatoms. The fraction of sp³-hybridized carbons (Fsp3) is 0.455. The van der Waals surface area contributed by atoms with E-state index in [1.54, 1.807) is 18.5 Å². The zero-order valence-electron chi connectivity index (χ0n) is 17.5. The molecule has 1 N–H and O–H groups in total. The fourth-order valence-corrected chi connectivity index (χ4v) is 4.29. The average molecular weight is 409 g/mol.